The molecule has 1 aromatic carbocycles. The van der Waals surface area contributed by atoms with Crippen LogP contribution < -0.4 is 16.0 Å². The van der Waals surface area contributed by atoms with Gasteiger partial charge in [-0.3, -0.25) is 15.2 Å². The average molecular weight is 491 g/mol. The first-order chi connectivity index (χ1) is 17.2. The van der Waals surface area contributed by atoms with Gasteiger partial charge in [-0.25, -0.2) is 4.98 Å². The minimum Gasteiger partial charge on any atom is -0.472 e. The molecule has 35 heavy (non-hydrogen) atoms. The van der Waals surface area contributed by atoms with E-state index in [2.05, 4.69) is 20.6 Å². The molecule has 9 nitrogen and oxygen atoms in total. The third-order valence-corrected chi connectivity index (χ3v) is 6.39. The quantitative estimate of drug-likeness (QED) is 0.308. The fourth-order valence-corrected chi connectivity index (χ4v) is 4.56. The van der Waals surface area contributed by atoms with Crippen LogP contribution in [0.15, 0.2) is 65.0 Å². The van der Waals surface area contributed by atoms with Gasteiger partial charge in [-0.05, 0) is 30.3 Å². The van der Waals surface area contributed by atoms with Crippen molar-refractivity contribution in [3.8, 4) is 21.7 Å². The normalized spacial score (nSPS) is 13.6. The zero-order valence-electron chi connectivity index (χ0n) is 18.8. The summed E-state index contributed by atoms with van der Waals surface area (Å²) >= 11 is 1.40. The Hall–Kier alpha value is -3.86. The SMILES string of the molecule is [NH2+]=Cc1cc(NC(=O)c2csc(-c3ccncc3)n2)c(-c2ccoc2)cc1NCCC1OCCO1. The Bertz CT molecular complexity index is 1300. The van der Waals surface area contributed by atoms with Crippen LogP contribution in [0.1, 0.15) is 22.5 Å². The number of nitrogens with one attached hydrogen (secondary N) is 2. The lowest BCUT2D eigenvalue weighted by Gasteiger charge is -2.16. The molecule has 0 aliphatic carbocycles. The van der Waals surface area contributed by atoms with Crippen molar-refractivity contribution in [1.29, 1.82) is 0 Å². The maximum absolute atomic E-state index is 13.1. The first-order valence-electron chi connectivity index (χ1n) is 11.1. The average Bonchev–Trinajstić information content (AvgIpc) is 3.68. The number of hydrogen-bond acceptors (Lipinski definition) is 8. The second-order valence-corrected chi connectivity index (χ2v) is 8.64. The number of nitrogens with two attached hydrogens (primary N) is 1. The predicted molar refractivity (Wildman–Crippen MR) is 133 cm³/mol. The van der Waals surface area contributed by atoms with Gasteiger partial charge >= 0.3 is 0 Å². The first-order valence-corrected chi connectivity index (χ1v) is 12.0. The van der Waals surface area contributed by atoms with Crippen LogP contribution in [0, 0.1) is 0 Å². The van der Waals surface area contributed by atoms with Crippen LogP contribution in [0.3, 0.4) is 0 Å². The summed E-state index contributed by atoms with van der Waals surface area (Å²) in [4.78, 5) is 21.6. The third kappa shape index (κ3) is 5.29. The van der Waals surface area contributed by atoms with E-state index in [-0.39, 0.29) is 12.2 Å². The Morgan fingerprint density at radius 1 is 1.14 bits per heavy atom. The number of carbonyl (C=O) groups is 1. The van der Waals surface area contributed by atoms with Crippen molar-refractivity contribution in [1.82, 2.24) is 9.97 Å². The molecule has 1 saturated heterocycles. The Morgan fingerprint density at radius 2 is 1.97 bits per heavy atom. The van der Waals surface area contributed by atoms with E-state index in [1.54, 1.807) is 30.3 Å². The molecule has 0 unspecified atom stereocenters. The molecule has 4 aromatic rings. The highest BCUT2D eigenvalue weighted by molar-refractivity contribution is 7.13. The number of nitrogens with zero attached hydrogens (tertiary/aromatic N) is 2. The number of benzene rings is 1. The van der Waals surface area contributed by atoms with Crippen LogP contribution in [0.2, 0.25) is 0 Å². The number of hydrogen-bond donors (Lipinski definition) is 3. The van der Waals surface area contributed by atoms with Gasteiger partial charge in [0.15, 0.2) is 12.5 Å². The Kier molecular flexibility index (Phi) is 6.94. The van der Waals surface area contributed by atoms with E-state index in [1.807, 2.05) is 30.3 Å². The molecule has 0 atom stereocenters. The van der Waals surface area contributed by atoms with Crippen molar-refractivity contribution in [2.24, 2.45) is 0 Å². The first kappa shape index (κ1) is 22.9. The van der Waals surface area contributed by atoms with Crippen molar-refractivity contribution in [2.45, 2.75) is 12.7 Å². The zero-order chi connectivity index (χ0) is 24.0. The van der Waals surface area contributed by atoms with E-state index >= 15 is 0 Å². The molecule has 10 heteroatoms. The summed E-state index contributed by atoms with van der Waals surface area (Å²) in [5.74, 6) is -0.314. The Morgan fingerprint density at radius 3 is 2.71 bits per heavy atom. The van der Waals surface area contributed by atoms with E-state index in [9.17, 15) is 4.79 Å². The lowest BCUT2D eigenvalue weighted by atomic mass is 10.0. The third-order valence-electron chi connectivity index (χ3n) is 5.50. The zero-order valence-corrected chi connectivity index (χ0v) is 19.6. The number of amides is 1. The number of pyridine rings is 1. The van der Waals surface area contributed by atoms with Gasteiger partial charge in [0.05, 0.1) is 37.0 Å². The van der Waals surface area contributed by atoms with E-state index in [1.165, 1.54) is 17.6 Å². The van der Waals surface area contributed by atoms with Crippen molar-refractivity contribution in [2.75, 3.05) is 30.4 Å². The molecule has 1 amide bonds. The highest BCUT2D eigenvalue weighted by atomic mass is 32.1. The Labute approximate surface area is 205 Å². The van der Waals surface area contributed by atoms with Gasteiger partial charge in [0.1, 0.15) is 10.7 Å². The van der Waals surface area contributed by atoms with Crippen molar-refractivity contribution in [3.63, 3.8) is 0 Å². The minimum absolute atomic E-state index is 0.199. The minimum atomic E-state index is -0.314. The molecule has 0 bridgehead atoms. The number of aromatic nitrogens is 2. The fourth-order valence-electron chi connectivity index (χ4n) is 3.76. The number of furan rings is 1. The molecular formula is C25H24N5O4S+. The summed E-state index contributed by atoms with van der Waals surface area (Å²) in [6.07, 6.45) is 8.62. The highest BCUT2D eigenvalue weighted by Crippen LogP contribution is 2.34. The summed E-state index contributed by atoms with van der Waals surface area (Å²) in [7, 11) is 0. The lowest BCUT2D eigenvalue weighted by molar-refractivity contribution is -0.104. The molecule has 1 fully saturated rings. The summed E-state index contributed by atoms with van der Waals surface area (Å²) in [5, 5.41) is 14.8. The van der Waals surface area contributed by atoms with Crippen LogP contribution in [0.5, 0.6) is 0 Å². The van der Waals surface area contributed by atoms with Crippen molar-refractivity contribution >= 4 is 34.8 Å². The summed E-state index contributed by atoms with van der Waals surface area (Å²) in [5.41, 5.74) is 5.02. The molecule has 0 spiro atoms. The van der Waals surface area contributed by atoms with Gasteiger partial charge in [-0.2, -0.15) is 0 Å². The van der Waals surface area contributed by atoms with Crippen LogP contribution in [0.4, 0.5) is 11.4 Å². The summed E-state index contributed by atoms with van der Waals surface area (Å²) in [6, 6.07) is 9.33. The van der Waals surface area contributed by atoms with E-state index in [0.717, 1.165) is 32.9 Å². The van der Waals surface area contributed by atoms with Crippen LogP contribution in [-0.2, 0) is 9.47 Å². The van der Waals surface area contributed by atoms with Crippen LogP contribution in [-0.4, -0.2) is 48.1 Å². The molecule has 3 aromatic heterocycles. The van der Waals surface area contributed by atoms with Crippen molar-refractivity contribution < 1.29 is 24.1 Å². The lowest BCUT2D eigenvalue weighted by Crippen LogP contribution is -2.30. The Balaban J connectivity index is 1.39. The molecule has 4 heterocycles. The molecule has 0 saturated carbocycles. The molecule has 178 valence electrons. The maximum Gasteiger partial charge on any atom is 0.275 e. The topological polar surface area (TPSA) is 124 Å². The maximum atomic E-state index is 13.1. The monoisotopic (exact) mass is 490 g/mol. The van der Waals surface area contributed by atoms with Crippen LogP contribution >= 0.6 is 11.3 Å². The summed E-state index contributed by atoms with van der Waals surface area (Å²) in [6.45, 7) is 1.88. The number of ether oxygens (including phenoxy) is 2. The predicted octanol–water partition coefficient (Wildman–Crippen LogP) is 3.07. The molecular weight excluding hydrogens is 466 g/mol. The van der Waals surface area contributed by atoms with Gasteiger partial charge in [0, 0.05) is 53.1 Å². The summed E-state index contributed by atoms with van der Waals surface area (Å²) < 4.78 is 16.3. The van der Waals surface area contributed by atoms with E-state index in [4.69, 9.17) is 19.3 Å². The second kappa shape index (κ2) is 10.6. The molecule has 5 rings (SSSR count). The largest absolute Gasteiger partial charge is 0.472 e. The molecule has 1 aliphatic heterocycles. The van der Waals surface area contributed by atoms with Gasteiger partial charge in [0.25, 0.3) is 5.91 Å². The number of rotatable bonds is 9. The van der Waals surface area contributed by atoms with Gasteiger partial charge in [-0.15, -0.1) is 11.3 Å². The molecule has 1 aliphatic rings. The fraction of sp³-hybridized carbons (Fsp3) is 0.200. The van der Waals surface area contributed by atoms with Gasteiger partial charge < -0.3 is 24.5 Å². The number of thiazole rings is 1. The van der Waals surface area contributed by atoms with Crippen LogP contribution in [0.25, 0.3) is 21.7 Å². The smallest absolute Gasteiger partial charge is 0.275 e. The van der Waals surface area contributed by atoms with Crippen molar-refractivity contribution in [3.05, 3.63) is 71.9 Å². The van der Waals surface area contributed by atoms with Gasteiger partial charge in [-0.1, -0.05) is 0 Å². The van der Waals surface area contributed by atoms with E-state index in [0.29, 0.717) is 37.6 Å². The standard InChI is InChI=1S/C25H23N5O4S/c26-13-18-11-21(29-24(31)22-15-35-25(30-22)16-1-5-27-6-2-16)19(17-4-8-32-14-17)12-20(18)28-7-3-23-33-9-10-34-23/h1-2,4-6,8,11-15,23,26,28H,3,7,9-10H2,(H,29,31)/p+1. The second-order valence-electron chi connectivity index (χ2n) is 7.78. The van der Waals surface area contributed by atoms with E-state index < -0.39 is 0 Å². The molecule has 0 radical (unpaired) electrons. The number of carbonyl (C=O) groups excluding carboxylic acids is 1. The van der Waals surface area contributed by atoms with Gasteiger partial charge in [0.2, 0.25) is 0 Å². The molecule has 4 N–H and O–H groups in total. The highest BCUT2D eigenvalue weighted by Gasteiger charge is 2.19. The number of anilines is 2.